The monoisotopic (exact) mass is 410 g/mol. The number of hydrogen-bond acceptors (Lipinski definition) is 4. The van der Waals surface area contributed by atoms with Crippen LogP contribution >= 0.6 is 0 Å². The Morgan fingerprint density at radius 1 is 0.867 bits per heavy atom. The van der Waals surface area contributed by atoms with Crippen LogP contribution in [0, 0.1) is 5.92 Å². The van der Waals surface area contributed by atoms with Gasteiger partial charge in [0.05, 0.1) is 6.54 Å². The lowest BCUT2D eigenvalue weighted by atomic mass is 10.1. The SMILES string of the molecule is CCC(C)NC(=O)c1cccc(NCC(=O)Nc2ccc(NC(=O)C(C)C)cc2)c1. The highest BCUT2D eigenvalue weighted by atomic mass is 16.2. The standard InChI is InChI=1S/C23H30N4O3/c1-5-16(4)25-23(30)17-7-6-8-20(13-17)24-14-21(28)26-18-9-11-19(12-10-18)27-22(29)15(2)3/h6-13,15-16,24H,5,14H2,1-4H3,(H,25,30)(H,26,28)(H,27,29). The van der Waals surface area contributed by atoms with Gasteiger partial charge in [-0.05, 0) is 55.8 Å². The third-order valence-electron chi connectivity index (χ3n) is 4.53. The molecule has 1 unspecified atom stereocenters. The van der Waals surface area contributed by atoms with Crippen LogP contribution in [-0.4, -0.2) is 30.3 Å². The number of carbonyl (C=O) groups is 3. The van der Waals surface area contributed by atoms with E-state index in [9.17, 15) is 14.4 Å². The van der Waals surface area contributed by atoms with Crippen molar-refractivity contribution in [2.24, 2.45) is 5.92 Å². The average Bonchev–Trinajstić information content (AvgIpc) is 2.73. The van der Waals surface area contributed by atoms with Gasteiger partial charge >= 0.3 is 0 Å². The second kappa shape index (κ2) is 11.0. The molecule has 30 heavy (non-hydrogen) atoms. The third kappa shape index (κ3) is 7.24. The van der Waals surface area contributed by atoms with Crippen molar-refractivity contribution in [2.45, 2.75) is 40.2 Å². The van der Waals surface area contributed by atoms with Crippen LogP contribution in [0.5, 0.6) is 0 Å². The maximum Gasteiger partial charge on any atom is 0.251 e. The molecule has 4 N–H and O–H groups in total. The molecule has 0 spiro atoms. The van der Waals surface area contributed by atoms with Crippen LogP contribution in [0.1, 0.15) is 44.5 Å². The number of anilines is 3. The highest BCUT2D eigenvalue weighted by molar-refractivity contribution is 5.96. The molecule has 2 rings (SSSR count). The summed E-state index contributed by atoms with van der Waals surface area (Å²) in [7, 11) is 0. The smallest absolute Gasteiger partial charge is 0.251 e. The van der Waals surface area contributed by atoms with E-state index >= 15 is 0 Å². The molecule has 2 aromatic rings. The van der Waals surface area contributed by atoms with Gasteiger partial charge in [0.15, 0.2) is 0 Å². The molecular weight excluding hydrogens is 380 g/mol. The molecule has 0 heterocycles. The summed E-state index contributed by atoms with van der Waals surface area (Å²) in [6.07, 6.45) is 0.856. The van der Waals surface area contributed by atoms with Crippen molar-refractivity contribution >= 4 is 34.8 Å². The molecule has 3 amide bonds. The Morgan fingerprint density at radius 3 is 2.10 bits per heavy atom. The molecule has 7 heteroatoms. The second-order valence-electron chi connectivity index (χ2n) is 7.49. The number of rotatable bonds is 9. The fourth-order valence-corrected chi connectivity index (χ4v) is 2.49. The van der Waals surface area contributed by atoms with Gasteiger partial charge in [-0.25, -0.2) is 0 Å². The summed E-state index contributed by atoms with van der Waals surface area (Å²) in [4.78, 5) is 36.2. The summed E-state index contributed by atoms with van der Waals surface area (Å²) >= 11 is 0. The summed E-state index contributed by atoms with van der Waals surface area (Å²) in [5.74, 6) is -0.517. The van der Waals surface area contributed by atoms with Gasteiger partial charge in [-0.15, -0.1) is 0 Å². The maximum absolute atomic E-state index is 12.2. The highest BCUT2D eigenvalue weighted by Crippen LogP contribution is 2.15. The number of benzene rings is 2. The summed E-state index contributed by atoms with van der Waals surface area (Å²) in [5, 5.41) is 11.5. The first-order valence-electron chi connectivity index (χ1n) is 10.1. The zero-order valence-electron chi connectivity index (χ0n) is 17.9. The first-order valence-corrected chi connectivity index (χ1v) is 10.1. The topological polar surface area (TPSA) is 99.3 Å². The van der Waals surface area contributed by atoms with E-state index in [1.807, 2.05) is 27.7 Å². The van der Waals surface area contributed by atoms with E-state index in [-0.39, 0.29) is 36.2 Å². The molecule has 2 aromatic carbocycles. The molecule has 0 bridgehead atoms. The molecule has 0 fully saturated rings. The summed E-state index contributed by atoms with van der Waals surface area (Å²) in [6, 6.07) is 14.1. The Balaban J connectivity index is 1.87. The zero-order chi connectivity index (χ0) is 22.1. The van der Waals surface area contributed by atoms with Gasteiger partial charge in [-0.1, -0.05) is 26.8 Å². The van der Waals surface area contributed by atoms with Crippen molar-refractivity contribution in [3.05, 3.63) is 54.1 Å². The minimum Gasteiger partial charge on any atom is -0.376 e. The lowest BCUT2D eigenvalue weighted by molar-refractivity contribution is -0.119. The minimum atomic E-state index is -0.219. The van der Waals surface area contributed by atoms with Crippen LogP contribution in [0.15, 0.2) is 48.5 Å². The summed E-state index contributed by atoms with van der Waals surface area (Å²) < 4.78 is 0. The predicted molar refractivity (Wildman–Crippen MR) is 121 cm³/mol. The van der Waals surface area contributed by atoms with Gasteiger partial charge in [-0.3, -0.25) is 14.4 Å². The molecule has 7 nitrogen and oxygen atoms in total. The van der Waals surface area contributed by atoms with E-state index in [0.29, 0.717) is 22.6 Å². The van der Waals surface area contributed by atoms with E-state index in [2.05, 4.69) is 21.3 Å². The van der Waals surface area contributed by atoms with Gasteiger partial charge < -0.3 is 21.3 Å². The van der Waals surface area contributed by atoms with E-state index < -0.39 is 0 Å². The molecule has 160 valence electrons. The molecule has 0 radical (unpaired) electrons. The fraction of sp³-hybridized carbons (Fsp3) is 0.348. The van der Waals surface area contributed by atoms with Crippen LogP contribution in [0.25, 0.3) is 0 Å². The molecule has 0 aromatic heterocycles. The first kappa shape index (κ1) is 22.9. The van der Waals surface area contributed by atoms with Crippen LogP contribution in [0.2, 0.25) is 0 Å². The normalized spacial score (nSPS) is 11.5. The largest absolute Gasteiger partial charge is 0.376 e. The Hall–Kier alpha value is -3.35. The Labute approximate surface area is 177 Å². The quantitative estimate of drug-likeness (QED) is 0.504. The molecule has 0 saturated heterocycles. The molecule has 0 aliphatic carbocycles. The van der Waals surface area contributed by atoms with Crippen molar-refractivity contribution in [1.29, 1.82) is 0 Å². The predicted octanol–water partition coefficient (Wildman–Crippen LogP) is 3.86. The van der Waals surface area contributed by atoms with Crippen molar-refractivity contribution in [2.75, 3.05) is 22.5 Å². The van der Waals surface area contributed by atoms with Crippen LogP contribution < -0.4 is 21.3 Å². The third-order valence-corrected chi connectivity index (χ3v) is 4.53. The molecule has 0 saturated carbocycles. The Kier molecular flexibility index (Phi) is 8.41. The zero-order valence-corrected chi connectivity index (χ0v) is 17.9. The van der Waals surface area contributed by atoms with E-state index in [1.54, 1.807) is 48.5 Å². The highest BCUT2D eigenvalue weighted by Gasteiger charge is 2.10. The number of amides is 3. The van der Waals surface area contributed by atoms with Crippen LogP contribution in [0.4, 0.5) is 17.1 Å². The van der Waals surface area contributed by atoms with Gasteiger partial charge in [-0.2, -0.15) is 0 Å². The first-order chi connectivity index (χ1) is 14.3. The van der Waals surface area contributed by atoms with Crippen molar-refractivity contribution in [3.63, 3.8) is 0 Å². The van der Waals surface area contributed by atoms with Gasteiger partial charge in [0, 0.05) is 34.6 Å². The summed E-state index contributed by atoms with van der Waals surface area (Å²) in [5.41, 5.74) is 2.54. The van der Waals surface area contributed by atoms with Crippen molar-refractivity contribution in [1.82, 2.24) is 5.32 Å². The number of carbonyl (C=O) groups excluding carboxylic acids is 3. The Bertz CT molecular complexity index is 878. The van der Waals surface area contributed by atoms with Crippen molar-refractivity contribution in [3.8, 4) is 0 Å². The van der Waals surface area contributed by atoms with E-state index in [4.69, 9.17) is 0 Å². The Morgan fingerprint density at radius 2 is 1.50 bits per heavy atom. The summed E-state index contributed by atoms with van der Waals surface area (Å²) in [6.45, 7) is 7.67. The van der Waals surface area contributed by atoms with E-state index in [1.165, 1.54) is 0 Å². The molecular formula is C23H30N4O3. The molecule has 0 aliphatic heterocycles. The van der Waals surface area contributed by atoms with Crippen molar-refractivity contribution < 1.29 is 14.4 Å². The lowest BCUT2D eigenvalue weighted by Crippen LogP contribution is -2.31. The minimum absolute atomic E-state index is 0.0578. The molecule has 1 atom stereocenters. The van der Waals surface area contributed by atoms with Gasteiger partial charge in [0.25, 0.3) is 5.91 Å². The van der Waals surface area contributed by atoms with E-state index in [0.717, 1.165) is 6.42 Å². The lowest BCUT2D eigenvalue weighted by Gasteiger charge is -2.13. The molecule has 0 aliphatic rings. The maximum atomic E-state index is 12.2. The number of hydrogen-bond donors (Lipinski definition) is 4. The van der Waals surface area contributed by atoms with Crippen LogP contribution in [-0.2, 0) is 9.59 Å². The number of nitrogens with one attached hydrogen (secondary N) is 4. The second-order valence-corrected chi connectivity index (χ2v) is 7.49. The van der Waals surface area contributed by atoms with Crippen LogP contribution in [0.3, 0.4) is 0 Å². The fourth-order valence-electron chi connectivity index (χ4n) is 2.49. The van der Waals surface area contributed by atoms with Gasteiger partial charge in [0.1, 0.15) is 0 Å². The average molecular weight is 411 g/mol. The van der Waals surface area contributed by atoms with Gasteiger partial charge in [0.2, 0.25) is 11.8 Å².